The molecule has 2 heteroatoms. The summed E-state index contributed by atoms with van der Waals surface area (Å²) in [4.78, 5) is 0. The first-order valence-corrected chi connectivity index (χ1v) is 8.24. The van der Waals surface area contributed by atoms with Crippen molar-refractivity contribution in [1.29, 1.82) is 0 Å². The minimum absolute atomic E-state index is 1.25. The van der Waals surface area contributed by atoms with Crippen LogP contribution in [0.5, 0.6) is 0 Å². The van der Waals surface area contributed by atoms with Gasteiger partial charge in [0.05, 0.1) is 0 Å². The molecule has 0 aliphatic carbocycles. The predicted molar refractivity (Wildman–Crippen MR) is 52.3 cm³/mol. The number of halogens is 1. The third kappa shape index (κ3) is 5.30. The van der Waals surface area contributed by atoms with E-state index in [1.54, 1.807) is 0 Å². The third-order valence-corrected chi connectivity index (χ3v) is 5.90. The van der Waals surface area contributed by atoms with Crippen LogP contribution >= 0.6 is 11.1 Å². The lowest BCUT2D eigenvalue weighted by molar-refractivity contribution is 0.864. The fourth-order valence-electron chi connectivity index (χ4n) is 1.19. The molecule has 0 spiro atoms. The van der Waals surface area contributed by atoms with Crippen molar-refractivity contribution in [3.05, 3.63) is 0 Å². The molecule has 1 unspecified atom stereocenters. The zero-order chi connectivity index (χ0) is 8.04. The Balaban J connectivity index is 3.42. The summed E-state index contributed by atoms with van der Waals surface area (Å²) in [6, 6.07) is 2.59. The second-order valence-electron chi connectivity index (χ2n) is 3.27. The molecule has 0 heterocycles. The van der Waals surface area contributed by atoms with Gasteiger partial charge >= 0.3 is 0 Å². The van der Waals surface area contributed by atoms with Crippen molar-refractivity contribution in [3.63, 3.8) is 0 Å². The molecule has 0 radical (unpaired) electrons. The van der Waals surface area contributed by atoms with Gasteiger partial charge in [0.25, 0.3) is 0 Å². The third-order valence-electron chi connectivity index (χ3n) is 1.82. The highest BCUT2D eigenvalue weighted by atomic mass is 35.6. The number of rotatable bonds is 5. The van der Waals surface area contributed by atoms with Crippen LogP contribution in [-0.4, -0.2) is 7.38 Å². The summed E-state index contributed by atoms with van der Waals surface area (Å²) in [6.45, 7) is 6.74. The van der Waals surface area contributed by atoms with E-state index in [9.17, 15) is 0 Å². The van der Waals surface area contributed by atoms with Crippen LogP contribution in [0.25, 0.3) is 0 Å². The molecule has 0 bridgehead atoms. The van der Waals surface area contributed by atoms with E-state index in [2.05, 4.69) is 20.4 Å². The molecule has 0 saturated heterocycles. The van der Waals surface area contributed by atoms with E-state index >= 15 is 0 Å². The van der Waals surface area contributed by atoms with E-state index < -0.39 is 7.38 Å². The Morgan fingerprint density at radius 3 is 2.10 bits per heavy atom. The summed E-state index contributed by atoms with van der Waals surface area (Å²) in [5, 5.41) is 0. The van der Waals surface area contributed by atoms with Gasteiger partial charge in [0, 0.05) is 0 Å². The lowest BCUT2D eigenvalue weighted by Gasteiger charge is -2.17. The average Bonchev–Trinajstić information content (AvgIpc) is 1.84. The minimum atomic E-state index is -1.25. The molecular formula is C8H19ClSi. The fourth-order valence-corrected chi connectivity index (χ4v) is 4.54. The van der Waals surface area contributed by atoms with Gasteiger partial charge < -0.3 is 0 Å². The Hall–Kier alpha value is 0.507. The smallest absolute Gasteiger partial charge is 0.153 e. The molecule has 0 aliphatic heterocycles. The normalized spacial score (nSPS) is 16.8. The largest absolute Gasteiger partial charge is 0.167 e. The van der Waals surface area contributed by atoms with Crippen LogP contribution in [-0.2, 0) is 0 Å². The monoisotopic (exact) mass is 178 g/mol. The van der Waals surface area contributed by atoms with Gasteiger partial charge in [-0.15, -0.1) is 0 Å². The molecule has 1 atom stereocenters. The second-order valence-corrected chi connectivity index (χ2v) is 9.83. The van der Waals surface area contributed by atoms with Gasteiger partial charge in [-0.25, -0.2) is 0 Å². The summed E-state index contributed by atoms with van der Waals surface area (Å²) in [7, 11) is -1.25. The van der Waals surface area contributed by atoms with Crippen LogP contribution in [0.15, 0.2) is 0 Å². The van der Waals surface area contributed by atoms with Gasteiger partial charge in [-0.05, 0) is 12.1 Å². The summed E-state index contributed by atoms with van der Waals surface area (Å²) < 4.78 is 0. The molecule has 0 aromatic carbocycles. The number of hydrogen-bond acceptors (Lipinski definition) is 0. The van der Waals surface area contributed by atoms with Gasteiger partial charge in [0.2, 0.25) is 0 Å². The van der Waals surface area contributed by atoms with Crippen molar-refractivity contribution >= 4 is 18.5 Å². The molecule has 10 heavy (non-hydrogen) atoms. The van der Waals surface area contributed by atoms with Crippen molar-refractivity contribution < 1.29 is 0 Å². The molecule has 0 nitrogen and oxygen atoms in total. The SMILES string of the molecule is CCCC[Si](C)(Cl)CCC. The van der Waals surface area contributed by atoms with Crippen LogP contribution in [0.1, 0.15) is 33.1 Å². The first kappa shape index (κ1) is 10.5. The van der Waals surface area contributed by atoms with E-state index in [1.807, 2.05) is 0 Å². The standard InChI is InChI=1S/C8H19ClSi/c1-4-6-8-10(3,9)7-5-2/h4-8H2,1-3H3. The highest BCUT2D eigenvalue weighted by molar-refractivity contribution is 7.19. The number of hydrogen-bond donors (Lipinski definition) is 0. The van der Waals surface area contributed by atoms with E-state index in [4.69, 9.17) is 11.1 Å². The van der Waals surface area contributed by atoms with Crippen molar-refractivity contribution in [3.8, 4) is 0 Å². The lowest BCUT2D eigenvalue weighted by atomic mass is 10.4. The molecule has 0 saturated carbocycles. The summed E-state index contributed by atoms with van der Waals surface area (Å²) in [6.07, 6.45) is 3.88. The Morgan fingerprint density at radius 1 is 1.10 bits per heavy atom. The molecule has 0 aliphatic rings. The molecule has 62 valence electrons. The van der Waals surface area contributed by atoms with Gasteiger partial charge in [0.1, 0.15) is 0 Å². The maximum absolute atomic E-state index is 6.35. The zero-order valence-corrected chi connectivity index (χ0v) is 9.17. The first-order chi connectivity index (χ1) is 4.62. The van der Waals surface area contributed by atoms with Crippen molar-refractivity contribution in [2.24, 2.45) is 0 Å². The summed E-state index contributed by atoms with van der Waals surface area (Å²) >= 11 is 6.35. The molecule has 0 rings (SSSR count). The molecule has 0 amide bonds. The van der Waals surface area contributed by atoms with Crippen LogP contribution in [0.2, 0.25) is 18.6 Å². The quantitative estimate of drug-likeness (QED) is 0.441. The minimum Gasteiger partial charge on any atom is -0.167 e. The molecule has 0 aromatic rings. The van der Waals surface area contributed by atoms with E-state index in [0.717, 1.165) is 0 Å². The van der Waals surface area contributed by atoms with Gasteiger partial charge in [-0.1, -0.05) is 39.7 Å². The Kier molecular flexibility index (Phi) is 5.46. The van der Waals surface area contributed by atoms with E-state index in [0.29, 0.717) is 0 Å². The first-order valence-electron chi connectivity index (χ1n) is 4.31. The second kappa shape index (κ2) is 5.20. The van der Waals surface area contributed by atoms with Crippen LogP contribution in [0.3, 0.4) is 0 Å². The van der Waals surface area contributed by atoms with E-state index in [-0.39, 0.29) is 0 Å². The van der Waals surface area contributed by atoms with Gasteiger partial charge in [0.15, 0.2) is 7.38 Å². The summed E-state index contributed by atoms with van der Waals surface area (Å²) in [5.41, 5.74) is 0. The Bertz CT molecular complexity index is 81.3. The molecule has 0 fully saturated rings. The fraction of sp³-hybridized carbons (Fsp3) is 1.00. The maximum Gasteiger partial charge on any atom is 0.153 e. The zero-order valence-electron chi connectivity index (χ0n) is 7.41. The molecular weight excluding hydrogens is 160 g/mol. The topological polar surface area (TPSA) is 0 Å². The average molecular weight is 179 g/mol. The van der Waals surface area contributed by atoms with Gasteiger partial charge in [-0.3, -0.25) is 0 Å². The van der Waals surface area contributed by atoms with Gasteiger partial charge in [-0.2, -0.15) is 11.1 Å². The molecule has 0 aromatic heterocycles. The number of unbranched alkanes of at least 4 members (excludes halogenated alkanes) is 1. The van der Waals surface area contributed by atoms with Crippen LogP contribution < -0.4 is 0 Å². The Morgan fingerprint density at radius 2 is 1.70 bits per heavy atom. The summed E-state index contributed by atoms with van der Waals surface area (Å²) in [5.74, 6) is 0. The highest BCUT2D eigenvalue weighted by Crippen LogP contribution is 2.24. The van der Waals surface area contributed by atoms with Crippen LogP contribution in [0.4, 0.5) is 0 Å². The molecule has 0 N–H and O–H groups in total. The maximum atomic E-state index is 6.35. The highest BCUT2D eigenvalue weighted by Gasteiger charge is 2.21. The van der Waals surface area contributed by atoms with Crippen molar-refractivity contribution in [2.75, 3.05) is 0 Å². The Labute approximate surface area is 70.7 Å². The van der Waals surface area contributed by atoms with E-state index in [1.165, 1.54) is 31.4 Å². The van der Waals surface area contributed by atoms with Crippen LogP contribution in [0, 0.1) is 0 Å². The van der Waals surface area contributed by atoms with Crippen molar-refractivity contribution in [1.82, 2.24) is 0 Å². The van der Waals surface area contributed by atoms with Crippen molar-refractivity contribution in [2.45, 2.75) is 51.7 Å². The lowest BCUT2D eigenvalue weighted by Crippen LogP contribution is -2.20. The predicted octanol–water partition coefficient (Wildman–Crippen LogP) is 4.01.